The first-order chi connectivity index (χ1) is 12.0. The Morgan fingerprint density at radius 1 is 1.12 bits per heavy atom. The minimum Gasteiger partial charge on any atom is -0.376 e. The maximum Gasteiger partial charge on any atom is 0.251 e. The molecule has 2 amide bonds. The Labute approximate surface area is 155 Å². The Morgan fingerprint density at radius 2 is 1.92 bits per heavy atom. The quantitative estimate of drug-likeness (QED) is 0.690. The van der Waals surface area contributed by atoms with Crippen LogP contribution in [-0.2, 0) is 4.79 Å². The highest BCUT2D eigenvalue weighted by Crippen LogP contribution is 2.21. The zero-order valence-electron chi connectivity index (χ0n) is 13.9. The van der Waals surface area contributed by atoms with Gasteiger partial charge < -0.3 is 16.0 Å². The fourth-order valence-electron chi connectivity index (χ4n) is 2.38. The maximum absolute atomic E-state index is 12.1. The van der Waals surface area contributed by atoms with Crippen LogP contribution in [-0.4, -0.2) is 24.4 Å². The molecule has 0 unspecified atom stereocenters. The molecule has 0 aliphatic heterocycles. The van der Waals surface area contributed by atoms with Gasteiger partial charge in [0.15, 0.2) is 0 Å². The highest BCUT2D eigenvalue weighted by molar-refractivity contribution is 9.10. The number of amides is 2. The molecular formula is C19H20BrN3O2. The van der Waals surface area contributed by atoms with E-state index in [2.05, 4.69) is 31.9 Å². The predicted molar refractivity (Wildman–Crippen MR) is 103 cm³/mol. The average Bonchev–Trinajstić information content (AvgIpc) is 3.40. The average molecular weight is 402 g/mol. The van der Waals surface area contributed by atoms with Crippen molar-refractivity contribution in [2.45, 2.75) is 25.8 Å². The van der Waals surface area contributed by atoms with Gasteiger partial charge in [0, 0.05) is 27.5 Å². The number of carbonyl (C=O) groups excluding carboxylic acids is 2. The summed E-state index contributed by atoms with van der Waals surface area (Å²) in [4.78, 5) is 24.2. The summed E-state index contributed by atoms with van der Waals surface area (Å²) in [7, 11) is 0. The summed E-state index contributed by atoms with van der Waals surface area (Å²) in [5.74, 6) is -0.262. The first-order valence-electron chi connectivity index (χ1n) is 8.22. The van der Waals surface area contributed by atoms with Crippen molar-refractivity contribution < 1.29 is 9.59 Å². The summed E-state index contributed by atoms with van der Waals surface area (Å²) in [6.45, 7) is 2.15. The second-order valence-corrected chi connectivity index (χ2v) is 7.05. The number of rotatable bonds is 6. The van der Waals surface area contributed by atoms with Gasteiger partial charge in [-0.25, -0.2) is 0 Å². The van der Waals surface area contributed by atoms with Crippen molar-refractivity contribution >= 4 is 39.1 Å². The third kappa shape index (κ3) is 5.06. The summed E-state index contributed by atoms with van der Waals surface area (Å²) in [5.41, 5.74) is 3.15. The number of anilines is 2. The van der Waals surface area contributed by atoms with E-state index in [0.717, 1.165) is 28.6 Å². The number of hydrogen-bond donors (Lipinski definition) is 3. The van der Waals surface area contributed by atoms with Crippen molar-refractivity contribution in [2.75, 3.05) is 17.2 Å². The molecule has 0 bridgehead atoms. The number of benzene rings is 2. The van der Waals surface area contributed by atoms with Crippen LogP contribution in [0.15, 0.2) is 46.9 Å². The topological polar surface area (TPSA) is 70.2 Å². The van der Waals surface area contributed by atoms with Crippen LogP contribution in [0.25, 0.3) is 0 Å². The van der Waals surface area contributed by atoms with Gasteiger partial charge in [-0.15, -0.1) is 0 Å². The van der Waals surface area contributed by atoms with Gasteiger partial charge in [-0.1, -0.05) is 22.0 Å². The normalized spacial score (nSPS) is 13.2. The summed E-state index contributed by atoms with van der Waals surface area (Å²) >= 11 is 3.45. The lowest BCUT2D eigenvalue weighted by Crippen LogP contribution is -2.26. The number of carbonyl (C=O) groups is 2. The Kier molecular flexibility index (Phi) is 5.38. The van der Waals surface area contributed by atoms with Gasteiger partial charge in [-0.2, -0.15) is 0 Å². The Bertz CT molecular complexity index is 803. The van der Waals surface area contributed by atoms with Crippen molar-refractivity contribution in [3.8, 4) is 0 Å². The van der Waals surface area contributed by atoms with E-state index < -0.39 is 0 Å². The van der Waals surface area contributed by atoms with E-state index in [9.17, 15) is 9.59 Å². The fraction of sp³-hybridized carbons (Fsp3) is 0.263. The Morgan fingerprint density at radius 3 is 2.64 bits per heavy atom. The van der Waals surface area contributed by atoms with Gasteiger partial charge in [0.25, 0.3) is 5.91 Å². The number of halogens is 1. The van der Waals surface area contributed by atoms with Crippen molar-refractivity contribution in [1.82, 2.24) is 5.32 Å². The minimum atomic E-state index is -0.166. The van der Waals surface area contributed by atoms with E-state index >= 15 is 0 Å². The summed E-state index contributed by atoms with van der Waals surface area (Å²) in [6, 6.07) is 13.1. The van der Waals surface area contributed by atoms with E-state index in [-0.39, 0.29) is 18.4 Å². The molecule has 3 N–H and O–H groups in total. The van der Waals surface area contributed by atoms with Crippen LogP contribution in [0.2, 0.25) is 0 Å². The summed E-state index contributed by atoms with van der Waals surface area (Å²) in [5, 5.41) is 8.84. The molecule has 0 aromatic heterocycles. The second kappa shape index (κ2) is 7.70. The lowest BCUT2D eigenvalue weighted by molar-refractivity contribution is -0.114. The molecule has 130 valence electrons. The van der Waals surface area contributed by atoms with Crippen molar-refractivity contribution in [3.05, 3.63) is 58.1 Å². The molecule has 25 heavy (non-hydrogen) atoms. The molecule has 0 spiro atoms. The van der Waals surface area contributed by atoms with Crippen LogP contribution >= 0.6 is 15.9 Å². The van der Waals surface area contributed by atoms with E-state index in [1.807, 2.05) is 25.1 Å². The highest BCUT2D eigenvalue weighted by atomic mass is 79.9. The zero-order valence-corrected chi connectivity index (χ0v) is 15.5. The molecule has 1 saturated carbocycles. The van der Waals surface area contributed by atoms with E-state index in [1.165, 1.54) is 0 Å². The maximum atomic E-state index is 12.1. The lowest BCUT2D eigenvalue weighted by Gasteiger charge is -2.10. The van der Waals surface area contributed by atoms with Crippen LogP contribution in [0.3, 0.4) is 0 Å². The molecule has 0 heterocycles. The molecule has 2 aromatic carbocycles. The second-order valence-electron chi connectivity index (χ2n) is 6.19. The third-order valence-electron chi connectivity index (χ3n) is 3.93. The summed E-state index contributed by atoms with van der Waals surface area (Å²) < 4.78 is 1.03. The summed E-state index contributed by atoms with van der Waals surface area (Å²) in [6.07, 6.45) is 2.09. The minimum absolute atomic E-state index is 0.0953. The predicted octanol–water partition coefficient (Wildman–Crippen LogP) is 3.70. The smallest absolute Gasteiger partial charge is 0.251 e. The number of hydrogen-bond acceptors (Lipinski definition) is 3. The molecule has 1 aliphatic rings. The molecule has 6 heteroatoms. The molecule has 1 aliphatic carbocycles. The molecule has 1 fully saturated rings. The molecule has 0 atom stereocenters. The van der Waals surface area contributed by atoms with Crippen LogP contribution in [0, 0.1) is 6.92 Å². The first-order valence-corrected chi connectivity index (χ1v) is 9.01. The van der Waals surface area contributed by atoms with Gasteiger partial charge >= 0.3 is 0 Å². The van der Waals surface area contributed by atoms with E-state index in [0.29, 0.717) is 17.3 Å². The van der Waals surface area contributed by atoms with Crippen LogP contribution in [0.5, 0.6) is 0 Å². The number of nitrogens with one attached hydrogen (secondary N) is 3. The first kappa shape index (κ1) is 17.5. The van der Waals surface area contributed by atoms with E-state index in [1.54, 1.807) is 24.3 Å². The largest absolute Gasteiger partial charge is 0.376 e. The molecule has 2 aromatic rings. The molecule has 5 nitrogen and oxygen atoms in total. The lowest BCUT2D eigenvalue weighted by atomic mass is 10.2. The van der Waals surface area contributed by atoms with Crippen LogP contribution in [0.4, 0.5) is 11.4 Å². The Balaban J connectivity index is 1.55. The van der Waals surface area contributed by atoms with Crippen molar-refractivity contribution in [2.24, 2.45) is 0 Å². The molecular weight excluding hydrogens is 382 g/mol. The number of aryl methyl sites for hydroxylation is 1. The van der Waals surface area contributed by atoms with Crippen LogP contribution in [0.1, 0.15) is 28.8 Å². The zero-order chi connectivity index (χ0) is 17.8. The van der Waals surface area contributed by atoms with Gasteiger partial charge in [0.1, 0.15) is 0 Å². The highest BCUT2D eigenvalue weighted by Gasteiger charge is 2.23. The standard InChI is InChI=1S/C19H20BrN3O2/c1-12-9-15(7-8-17(12)20)21-11-18(24)22-16-4-2-3-13(10-16)19(25)23-14-5-6-14/h2-4,7-10,14,21H,5-6,11H2,1H3,(H,22,24)(H,23,25). The molecule has 0 radical (unpaired) electrons. The molecule has 3 rings (SSSR count). The van der Waals surface area contributed by atoms with Gasteiger partial charge in [0.05, 0.1) is 6.54 Å². The molecule has 0 saturated heterocycles. The van der Waals surface area contributed by atoms with Gasteiger partial charge in [0.2, 0.25) is 5.91 Å². The Hall–Kier alpha value is -2.34. The van der Waals surface area contributed by atoms with E-state index in [4.69, 9.17) is 0 Å². The van der Waals surface area contributed by atoms with Crippen molar-refractivity contribution in [1.29, 1.82) is 0 Å². The van der Waals surface area contributed by atoms with Crippen LogP contribution < -0.4 is 16.0 Å². The van der Waals surface area contributed by atoms with Crippen molar-refractivity contribution in [3.63, 3.8) is 0 Å². The van der Waals surface area contributed by atoms with Gasteiger partial charge in [-0.3, -0.25) is 9.59 Å². The fourth-order valence-corrected chi connectivity index (χ4v) is 2.62. The van der Waals surface area contributed by atoms with Gasteiger partial charge in [-0.05, 0) is 61.7 Å². The third-order valence-corrected chi connectivity index (χ3v) is 4.82. The SMILES string of the molecule is Cc1cc(NCC(=O)Nc2cccc(C(=O)NC3CC3)c2)ccc1Br. The monoisotopic (exact) mass is 401 g/mol.